The van der Waals surface area contributed by atoms with E-state index >= 15 is 0 Å². The molecule has 0 aromatic rings. The fraction of sp³-hybridized carbons (Fsp3) is 0.800. The van der Waals surface area contributed by atoms with Crippen molar-refractivity contribution in [1.29, 1.82) is 0 Å². The number of halogens is 3. The van der Waals surface area contributed by atoms with Crippen molar-refractivity contribution >= 4 is 11.7 Å². The lowest BCUT2D eigenvalue weighted by Gasteiger charge is -2.26. The van der Waals surface area contributed by atoms with Crippen LogP contribution in [-0.2, 0) is 14.4 Å². The third kappa shape index (κ3) is 2.37. The van der Waals surface area contributed by atoms with Crippen LogP contribution in [0.2, 0.25) is 0 Å². The predicted molar refractivity (Wildman–Crippen MR) is 53.4 cm³/mol. The Morgan fingerprint density at radius 2 is 2.18 bits per heavy atom. The molecule has 17 heavy (non-hydrogen) atoms. The summed E-state index contributed by atoms with van der Waals surface area (Å²) in [4.78, 5) is 15.8. The van der Waals surface area contributed by atoms with Gasteiger partial charge >= 0.3 is 17.7 Å². The van der Waals surface area contributed by atoms with Gasteiger partial charge in [0, 0.05) is 0 Å². The van der Waals surface area contributed by atoms with Crippen molar-refractivity contribution in [3.8, 4) is 0 Å². The zero-order chi connectivity index (χ0) is 13.3. The van der Waals surface area contributed by atoms with Gasteiger partial charge in [-0.05, 0) is 12.8 Å². The fourth-order valence-corrected chi connectivity index (χ4v) is 1.39. The van der Waals surface area contributed by atoms with E-state index in [-0.39, 0.29) is 18.2 Å². The van der Waals surface area contributed by atoms with Crippen LogP contribution in [0, 0.1) is 5.92 Å². The van der Waals surface area contributed by atoms with E-state index in [1.807, 2.05) is 0 Å². The van der Waals surface area contributed by atoms with Crippen molar-refractivity contribution in [2.24, 2.45) is 11.1 Å². The van der Waals surface area contributed by atoms with Gasteiger partial charge < -0.3 is 9.57 Å². The Balaban J connectivity index is 2.98. The summed E-state index contributed by atoms with van der Waals surface area (Å²) in [5.41, 5.74) is -2.77. The van der Waals surface area contributed by atoms with E-state index in [1.54, 1.807) is 13.8 Å². The molecule has 0 saturated heterocycles. The number of hydrogen-bond donors (Lipinski definition) is 0. The van der Waals surface area contributed by atoms with Crippen LogP contribution in [0.1, 0.15) is 27.2 Å². The maximum atomic E-state index is 12.9. The monoisotopic (exact) mass is 253 g/mol. The minimum Gasteiger partial charge on any atom is -0.463 e. The van der Waals surface area contributed by atoms with Crippen LogP contribution in [-0.4, -0.2) is 30.1 Å². The molecule has 1 unspecified atom stereocenters. The van der Waals surface area contributed by atoms with Gasteiger partial charge in [-0.1, -0.05) is 19.0 Å². The first-order valence-corrected chi connectivity index (χ1v) is 5.23. The quantitative estimate of drug-likeness (QED) is 0.725. The fourth-order valence-electron chi connectivity index (χ4n) is 1.39. The van der Waals surface area contributed by atoms with Crippen molar-refractivity contribution in [1.82, 2.24) is 0 Å². The Morgan fingerprint density at radius 1 is 1.59 bits per heavy atom. The first-order chi connectivity index (χ1) is 7.74. The highest BCUT2D eigenvalue weighted by atomic mass is 19.4. The van der Waals surface area contributed by atoms with Crippen LogP contribution in [0.3, 0.4) is 0 Å². The molecular formula is C10H14F3NO3. The molecule has 0 radical (unpaired) electrons. The maximum Gasteiger partial charge on any atom is 0.442 e. The minimum atomic E-state index is -4.85. The lowest BCUT2D eigenvalue weighted by molar-refractivity contribution is -0.269. The number of nitrogens with zero attached hydrogens (tertiary/aromatic N) is 1. The molecule has 0 N–H and O–H groups in total. The number of oxime groups is 1. The standard InChI is InChI=1S/C10H14F3NO3/c1-4-16-8(15)9(10(11,12)13)5-7(6(2)3)14-17-9/h6H,4-5H2,1-3H3. The Morgan fingerprint density at radius 3 is 2.53 bits per heavy atom. The largest absolute Gasteiger partial charge is 0.463 e. The predicted octanol–water partition coefficient (Wildman–Crippen LogP) is 2.28. The SMILES string of the molecule is CCOC(=O)C1(C(F)(F)F)CC(C(C)C)=NO1. The summed E-state index contributed by atoms with van der Waals surface area (Å²) >= 11 is 0. The second-order valence-corrected chi connectivity index (χ2v) is 4.05. The molecule has 0 aromatic heterocycles. The van der Waals surface area contributed by atoms with E-state index in [9.17, 15) is 18.0 Å². The molecule has 0 aliphatic carbocycles. The van der Waals surface area contributed by atoms with E-state index < -0.39 is 24.2 Å². The van der Waals surface area contributed by atoms with Crippen molar-refractivity contribution in [3.63, 3.8) is 0 Å². The van der Waals surface area contributed by atoms with E-state index in [4.69, 9.17) is 0 Å². The van der Waals surface area contributed by atoms with Gasteiger partial charge in [0.15, 0.2) is 0 Å². The summed E-state index contributed by atoms with van der Waals surface area (Å²) in [6.07, 6.45) is -5.45. The Kier molecular flexibility index (Phi) is 3.68. The van der Waals surface area contributed by atoms with E-state index in [1.165, 1.54) is 6.92 Å². The molecular weight excluding hydrogens is 239 g/mol. The number of ether oxygens (including phenoxy) is 1. The molecule has 0 bridgehead atoms. The lowest BCUT2D eigenvalue weighted by atomic mass is 9.92. The Hall–Kier alpha value is -1.27. The average Bonchev–Trinajstić information content (AvgIpc) is 2.62. The summed E-state index contributed by atoms with van der Waals surface area (Å²) in [6.45, 7) is 4.65. The van der Waals surface area contributed by atoms with E-state index in [2.05, 4.69) is 14.7 Å². The third-order valence-corrected chi connectivity index (χ3v) is 2.48. The second kappa shape index (κ2) is 4.54. The van der Waals surface area contributed by atoms with Gasteiger partial charge in [0.05, 0.1) is 18.7 Å². The highest BCUT2D eigenvalue weighted by molar-refractivity contribution is 5.95. The van der Waals surface area contributed by atoms with Gasteiger partial charge in [0.1, 0.15) is 0 Å². The number of hydrogen-bond acceptors (Lipinski definition) is 4. The smallest absolute Gasteiger partial charge is 0.442 e. The molecule has 1 aliphatic heterocycles. The Labute approximate surface area is 96.8 Å². The molecule has 0 fully saturated rings. The molecule has 1 rings (SSSR count). The molecule has 7 heteroatoms. The first-order valence-electron chi connectivity index (χ1n) is 5.23. The highest BCUT2D eigenvalue weighted by Gasteiger charge is 2.67. The molecule has 0 amide bonds. The molecule has 0 spiro atoms. The lowest BCUT2D eigenvalue weighted by Crippen LogP contribution is -2.53. The summed E-state index contributed by atoms with van der Waals surface area (Å²) in [6, 6.07) is 0. The van der Waals surface area contributed by atoms with Crippen molar-refractivity contribution in [2.45, 2.75) is 39.0 Å². The number of carbonyl (C=O) groups excluding carboxylic acids is 1. The van der Waals surface area contributed by atoms with Crippen LogP contribution in [0.15, 0.2) is 5.16 Å². The van der Waals surface area contributed by atoms with Gasteiger partial charge in [-0.25, -0.2) is 4.79 Å². The normalized spacial score (nSPS) is 24.5. The minimum absolute atomic E-state index is 0.142. The molecule has 1 heterocycles. The molecule has 98 valence electrons. The Bertz CT molecular complexity index is 338. The number of alkyl halides is 3. The number of carbonyl (C=O) groups is 1. The van der Waals surface area contributed by atoms with Crippen molar-refractivity contribution in [3.05, 3.63) is 0 Å². The molecule has 1 atom stereocenters. The van der Waals surface area contributed by atoms with E-state index in [0.717, 1.165) is 0 Å². The van der Waals surface area contributed by atoms with Crippen LogP contribution in [0.4, 0.5) is 13.2 Å². The van der Waals surface area contributed by atoms with Gasteiger partial charge in [-0.2, -0.15) is 13.2 Å². The third-order valence-electron chi connectivity index (χ3n) is 2.48. The molecule has 1 aliphatic rings. The van der Waals surface area contributed by atoms with Crippen LogP contribution in [0.5, 0.6) is 0 Å². The second-order valence-electron chi connectivity index (χ2n) is 4.05. The number of rotatable bonds is 3. The highest BCUT2D eigenvalue weighted by Crippen LogP contribution is 2.42. The van der Waals surface area contributed by atoms with Crippen LogP contribution >= 0.6 is 0 Å². The topological polar surface area (TPSA) is 47.9 Å². The van der Waals surface area contributed by atoms with Gasteiger partial charge in [-0.15, -0.1) is 0 Å². The maximum absolute atomic E-state index is 12.9. The van der Waals surface area contributed by atoms with Crippen LogP contribution in [0.25, 0.3) is 0 Å². The zero-order valence-corrected chi connectivity index (χ0v) is 9.80. The molecule has 4 nitrogen and oxygen atoms in total. The molecule has 0 aromatic carbocycles. The van der Waals surface area contributed by atoms with Crippen molar-refractivity contribution in [2.75, 3.05) is 6.61 Å². The summed E-state index contributed by atoms with van der Waals surface area (Å²) in [5, 5.41) is 3.35. The van der Waals surface area contributed by atoms with Crippen LogP contribution < -0.4 is 0 Å². The average molecular weight is 253 g/mol. The van der Waals surface area contributed by atoms with Gasteiger partial charge in [-0.3, -0.25) is 0 Å². The summed E-state index contributed by atoms with van der Waals surface area (Å²) in [5.74, 6) is -1.65. The zero-order valence-electron chi connectivity index (χ0n) is 9.80. The first kappa shape index (κ1) is 13.8. The van der Waals surface area contributed by atoms with E-state index in [0.29, 0.717) is 0 Å². The molecule has 0 saturated carbocycles. The van der Waals surface area contributed by atoms with Gasteiger partial charge in [0.25, 0.3) is 0 Å². The summed E-state index contributed by atoms with van der Waals surface area (Å²) < 4.78 is 43.2. The van der Waals surface area contributed by atoms with Crippen molar-refractivity contribution < 1.29 is 27.5 Å². The number of esters is 1. The van der Waals surface area contributed by atoms with Gasteiger partial charge in [0.2, 0.25) is 0 Å². The summed E-state index contributed by atoms with van der Waals surface area (Å²) in [7, 11) is 0.